The van der Waals surface area contributed by atoms with Gasteiger partial charge in [-0.1, -0.05) is 12.2 Å². The largest absolute Gasteiger partial charge is 0.497 e. The quantitative estimate of drug-likeness (QED) is 0.370. The van der Waals surface area contributed by atoms with E-state index in [2.05, 4.69) is 0 Å². The number of carbonyl (C=O) groups is 1. The number of amidine groups is 1. The predicted molar refractivity (Wildman–Crippen MR) is 118 cm³/mol. The van der Waals surface area contributed by atoms with E-state index in [4.69, 9.17) is 15.6 Å². The van der Waals surface area contributed by atoms with Crippen molar-refractivity contribution < 1.29 is 14.8 Å². The summed E-state index contributed by atoms with van der Waals surface area (Å²) in [5.41, 5.74) is 2.23. The highest BCUT2D eigenvalue weighted by atomic mass is 16.5. The van der Waals surface area contributed by atoms with Gasteiger partial charge in [0, 0.05) is 44.4 Å². The maximum Gasteiger partial charge on any atom is 0.313 e. The number of ether oxygens (including phenoxy) is 1. The van der Waals surface area contributed by atoms with Crippen LogP contribution in [0, 0.1) is 28.1 Å². The van der Waals surface area contributed by atoms with Gasteiger partial charge >= 0.3 is 5.91 Å². The first-order chi connectivity index (χ1) is 14.8. The van der Waals surface area contributed by atoms with E-state index in [1.807, 2.05) is 50.5 Å². The fourth-order valence-electron chi connectivity index (χ4n) is 3.67. The minimum absolute atomic E-state index is 0.0122. The molecule has 1 aromatic rings. The Bertz CT molecular complexity index is 1030. The first-order valence-electron chi connectivity index (χ1n) is 10.0. The maximum atomic E-state index is 13.4. The van der Waals surface area contributed by atoms with E-state index in [9.17, 15) is 10.1 Å². The lowest BCUT2D eigenvalue weighted by Gasteiger charge is -2.31. The topological polar surface area (TPSA) is 121 Å². The van der Waals surface area contributed by atoms with E-state index in [0.717, 1.165) is 11.4 Å². The Balaban J connectivity index is 1.85. The summed E-state index contributed by atoms with van der Waals surface area (Å²) in [4.78, 5) is 16.9. The van der Waals surface area contributed by atoms with Crippen molar-refractivity contribution in [2.75, 3.05) is 27.7 Å². The van der Waals surface area contributed by atoms with E-state index < -0.39 is 0 Å². The molecule has 1 aromatic carbocycles. The molecule has 0 radical (unpaired) electrons. The number of hydrogen-bond acceptors (Lipinski definition) is 5. The van der Waals surface area contributed by atoms with E-state index in [1.165, 1.54) is 0 Å². The van der Waals surface area contributed by atoms with Crippen molar-refractivity contribution >= 4 is 23.1 Å². The van der Waals surface area contributed by atoms with Crippen LogP contribution in [0.2, 0.25) is 0 Å². The lowest BCUT2D eigenvalue weighted by molar-refractivity contribution is -0.513. The highest BCUT2D eigenvalue weighted by Crippen LogP contribution is 2.26. The van der Waals surface area contributed by atoms with Gasteiger partial charge in [-0.25, -0.2) is 0 Å². The van der Waals surface area contributed by atoms with Gasteiger partial charge in [-0.05, 0) is 31.1 Å². The molecule has 1 unspecified atom stereocenters. The van der Waals surface area contributed by atoms with Gasteiger partial charge in [0.1, 0.15) is 29.1 Å². The van der Waals surface area contributed by atoms with Gasteiger partial charge in [0.15, 0.2) is 0 Å². The lowest BCUT2D eigenvalue weighted by Crippen LogP contribution is -2.79. The summed E-state index contributed by atoms with van der Waals surface area (Å²) < 4.78 is 5.18. The van der Waals surface area contributed by atoms with Crippen LogP contribution in [-0.2, 0) is 4.79 Å². The fraction of sp³-hybridized carbons (Fsp3) is 0.304. The number of allylic oxidation sites excluding steroid dienone is 2. The molecule has 0 saturated carbocycles. The molecule has 2 aliphatic rings. The van der Waals surface area contributed by atoms with Crippen molar-refractivity contribution in [3.05, 3.63) is 59.5 Å². The molecule has 1 atom stereocenters. The Hall–Kier alpha value is -3.70. The smallest absolute Gasteiger partial charge is 0.313 e. The summed E-state index contributed by atoms with van der Waals surface area (Å²) in [6, 6.07) is 9.15. The molecule has 8 heteroatoms. The number of nitrogens with one attached hydrogen (secondary N) is 2. The van der Waals surface area contributed by atoms with E-state index in [0.29, 0.717) is 42.2 Å². The summed E-state index contributed by atoms with van der Waals surface area (Å²) in [6.45, 7) is 0.407. The third-order valence-corrected chi connectivity index (χ3v) is 5.45. The van der Waals surface area contributed by atoms with Crippen LogP contribution < -0.4 is 10.1 Å². The predicted octanol–water partition coefficient (Wildman–Crippen LogP) is 1.92. The van der Waals surface area contributed by atoms with Gasteiger partial charge in [0.25, 0.3) is 0 Å². The molecule has 31 heavy (non-hydrogen) atoms. The molecule has 1 amide bonds. The number of quaternary nitrogens is 1. The van der Waals surface area contributed by atoms with Gasteiger partial charge in [-0.15, -0.1) is 0 Å². The second kappa shape index (κ2) is 9.41. The molecule has 1 aliphatic carbocycles. The number of benzene rings is 1. The summed E-state index contributed by atoms with van der Waals surface area (Å²) in [7, 11) is 5.29. The van der Waals surface area contributed by atoms with E-state index in [-0.39, 0.29) is 17.5 Å². The van der Waals surface area contributed by atoms with Crippen LogP contribution in [0.25, 0.3) is 0 Å². The van der Waals surface area contributed by atoms with E-state index in [1.54, 1.807) is 34.4 Å². The SMILES string of the molecule is COc1ccc([NH2+]C2=C(C(=N)C#N)CCN(C3=CCC(C(=N)N(C)C)C=C3)C2=O)cc1. The Labute approximate surface area is 182 Å². The zero-order valence-corrected chi connectivity index (χ0v) is 18.0. The van der Waals surface area contributed by atoms with Crippen LogP contribution >= 0.6 is 0 Å². The van der Waals surface area contributed by atoms with Gasteiger partial charge in [-0.3, -0.25) is 20.9 Å². The van der Waals surface area contributed by atoms with Gasteiger partial charge in [0.05, 0.1) is 12.7 Å². The molecule has 1 aliphatic heterocycles. The molecule has 4 N–H and O–H groups in total. The molecule has 0 fully saturated rings. The van der Waals surface area contributed by atoms with E-state index >= 15 is 0 Å². The number of amides is 1. The molecule has 0 aromatic heterocycles. The lowest BCUT2D eigenvalue weighted by atomic mass is 9.95. The second-order valence-electron chi connectivity index (χ2n) is 7.61. The first-order valence-corrected chi connectivity index (χ1v) is 10.0. The minimum atomic E-state index is -0.228. The van der Waals surface area contributed by atoms with Crippen LogP contribution in [0.15, 0.2) is 59.5 Å². The standard InChI is InChI=1S/C23H26N6O2/c1-28(2)22(26)15-4-8-17(9-5-15)29-13-12-19(20(25)14-24)21(23(29)30)27-16-6-10-18(31-3)11-7-16/h4,6-11,15,25-27H,5,12-13H2,1-3H3/p+1. The summed E-state index contributed by atoms with van der Waals surface area (Å²) in [5, 5.41) is 27.2. The Morgan fingerprint density at radius 2 is 2.00 bits per heavy atom. The van der Waals surface area contributed by atoms with Crippen molar-refractivity contribution in [2.24, 2.45) is 5.92 Å². The molecular formula is C23H27N6O2+. The number of hydrogen-bond donors (Lipinski definition) is 3. The monoisotopic (exact) mass is 419 g/mol. The van der Waals surface area contributed by atoms with Gasteiger partial charge < -0.3 is 14.5 Å². The first kappa shape index (κ1) is 22.0. The second-order valence-corrected chi connectivity index (χ2v) is 7.61. The Kier molecular flexibility index (Phi) is 6.68. The van der Waals surface area contributed by atoms with Crippen LogP contribution in [0.5, 0.6) is 5.75 Å². The molecule has 160 valence electrons. The zero-order chi connectivity index (χ0) is 22.5. The number of nitrogens with two attached hydrogens (primary N) is 1. The fourth-order valence-corrected chi connectivity index (χ4v) is 3.67. The highest BCUT2D eigenvalue weighted by molar-refractivity contribution is 6.14. The van der Waals surface area contributed by atoms with Crippen molar-refractivity contribution in [1.29, 1.82) is 16.1 Å². The van der Waals surface area contributed by atoms with Crippen molar-refractivity contribution in [3.63, 3.8) is 0 Å². The highest BCUT2D eigenvalue weighted by Gasteiger charge is 2.34. The van der Waals surface area contributed by atoms with Gasteiger partial charge in [-0.2, -0.15) is 5.26 Å². The number of methoxy groups -OCH3 is 1. The molecular weight excluding hydrogens is 392 g/mol. The minimum Gasteiger partial charge on any atom is -0.497 e. The maximum absolute atomic E-state index is 13.4. The zero-order valence-electron chi connectivity index (χ0n) is 18.0. The van der Waals surface area contributed by atoms with Gasteiger partial charge in [0.2, 0.25) is 5.70 Å². The van der Waals surface area contributed by atoms with Crippen LogP contribution in [-0.4, -0.2) is 55.0 Å². The van der Waals surface area contributed by atoms with Crippen molar-refractivity contribution in [2.45, 2.75) is 12.8 Å². The Morgan fingerprint density at radius 1 is 1.29 bits per heavy atom. The number of carbonyl (C=O) groups excluding carboxylic acids is 1. The summed E-state index contributed by atoms with van der Waals surface area (Å²) >= 11 is 0. The Morgan fingerprint density at radius 3 is 2.55 bits per heavy atom. The summed E-state index contributed by atoms with van der Waals surface area (Å²) in [6.07, 6.45) is 6.90. The molecule has 1 heterocycles. The molecule has 0 bridgehead atoms. The number of rotatable bonds is 6. The number of nitriles is 1. The van der Waals surface area contributed by atoms with Crippen molar-refractivity contribution in [3.8, 4) is 11.8 Å². The molecule has 8 nitrogen and oxygen atoms in total. The average Bonchev–Trinajstić information content (AvgIpc) is 2.80. The van der Waals surface area contributed by atoms with Crippen molar-refractivity contribution in [1.82, 2.24) is 9.80 Å². The van der Waals surface area contributed by atoms with Crippen LogP contribution in [0.3, 0.4) is 0 Å². The average molecular weight is 420 g/mol. The number of nitrogens with zero attached hydrogens (tertiary/aromatic N) is 3. The van der Waals surface area contributed by atoms with Crippen LogP contribution in [0.4, 0.5) is 5.69 Å². The third kappa shape index (κ3) is 4.73. The third-order valence-electron chi connectivity index (χ3n) is 5.45. The molecule has 3 rings (SSSR count). The summed E-state index contributed by atoms with van der Waals surface area (Å²) in [5.74, 6) is 0.994. The molecule has 0 saturated heterocycles. The van der Waals surface area contributed by atoms with Crippen LogP contribution in [0.1, 0.15) is 12.8 Å². The normalized spacial score (nSPS) is 18.4. The molecule has 0 spiro atoms.